The van der Waals surface area contributed by atoms with Crippen molar-refractivity contribution in [3.63, 3.8) is 0 Å². The SMILES string of the molecule is Cc1cc(Cl)cc(CN2CCC(CNC(=O)c3ccc(Cl)cc3Cl)NC(CCN3CCCCC3)C2=O)c1. The summed E-state index contributed by atoms with van der Waals surface area (Å²) in [6.45, 7) is 6.58. The molecule has 37 heavy (non-hydrogen) atoms. The Morgan fingerprint density at radius 3 is 2.54 bits per heavy atom. The molecule has 0 radical (unpaired) electrons. The minimum absolute atomic E-state index is 0.0450. The van der Waals surface area contributed by atoms with Crippen molar-refractivity contribution in [1.82, 2.24) is 20.4 Å². The summed E-state index contributed by atoms with van der Waals surface area (Å²) in [5.41, 5.74) is 2.48. The number of rotatable bonds is 8. The monoisotopic (exact) mass is 564 g/mol. The molecule has 2 heterocycles. The molecule has 2 amide bonds. The lowest BCUT2D eigenvalue weighted by Crippen LogP contribution is -2.50. The van der Waals surface area contributed by atoms with Crippen LogP contribution in [0.3, 0.4) is 0 Å². The number of amides is 2. The maximum atomic E-state index is 13.7. The first kappa shape index (κ1) is 28.2. The van der Waals surface area contributed by atoms with Crippen LogP contribution in [0.15, 0.2) is 36.4 Å². The van der Waals surface area contributed by atoms with Gasteiger partial charge in [-0.25, -0.2) is 0 Å². The van der Waals surface area contributed by atoms with Crippen LogP contribution < -0.4 is 10.6 Å². The van der Waals surface area contributed by atoms with Crippen LogP contribution in [-0.4, -0.2) is 66.4 Å². The van der Waals surface area contributed by atoms with Crippen molar-refractivity contribution < 1.29 is 9.59 Å². The van der Waals surface area contributed by atoms with E-state index in [-0.39, 0.29) is 23.9 Å². The van der Waals surface area contributed by atoms with Gasteiger partial charge < -0.3 is 20.4 Å². The van der Waals surface area contributed by atoms with Gasteiger partial charge in [-0.2, -0.15) is 0 Å². The van der Waals surface area contributed by atoms with E-state index in [1.807, 2.05) is 24.0 Å². The molecule has 2 aromatic carbocycles. The van der Waals surface area contributed by atoms with E-state index in [2.05, 4.69) is 21.6 Å². The second-order valence-electron chi connectivity index (χ2n) is 10.1. The number of nitrogens with zero attached hydrogens (tertiary/aromatic N) is 2. The molecule has 4 rings (SSSR count). The molecule has 200 valence electrons. The van der Waals surface area contributed by atoms with Crippen LogP contribution >= 0.6 is 34.8 Å². The zero-order valence-corrected chi connectivity index (χ0v) is 23.5. The van der Waals surface area contributed by atoms with Crippen molar-refractivity contribution in [2.45, 2.75) is 57.7 Å². The summed E-state index contributed by atoms with van der Waals surface area (Å²) < 4.78 is 0. The van der Waals surface area contributed by atoms with E-state index in [1.165, 1.54) is 19.3 Å². The van der Waals surface area contributed by atoms with Crippen molar-refractivity contribution in [3.8, 4) is 0 Å². The molecule has 2 aromatic rings. The van der Waals surface area contributed by atoms with Gasteiger partial charge in [-0.05, 0) is 87.2 Å². The molecule has 0 aliphatic carbocycles. The highest BCUT2D eigenvalue weighted by molar-refractivity contribution is 6.36. The van der Waals surface area contributed by atoms with Gasteiger partial charge >= 0.3 is 0 Å². The highest BCUT2D eigenvalue weighted by Gasteiger charge is 2.31. The van der Waals surface area contributed by atoms with Crippen molar-refractivity contribution in [3.05, 3.63) is 68.2 Å². The Balaban J connectivity index is 1.44. The third-order valence-electron chi connectivity index (χ3n) is 7.14. The van der Waals surface area contributed by atoms with Gasteiger partial charge in [-0.15, -0.1) is 0 Å². The Kier molecular flexibility index (Phi) is 10.1. The molecular formula is C28H35Cl3N4O2. The number of aryl methyl sites for hydroxylation is 1. The maximum Gasteiger partial charge on any atom is 0.252 e. The summed E-state index contributed by atoms with van der Waals surface area (Å²) in [6.07, 6.45) is 5.17. The number of likely N-dealkylation sites (tertiary alicyclic amines) is 1. The molecule has 2 N–H and O–H groups in total. The summed E-state index contributed by atoms with van der Waals surface area (Å²) >= 11 is 18.5. The summed E-state index contributed by atoms with van der Waals surface area (Å²) in [7, 11) is 0. The second-order valence-corrected chi connectivity index (χ2v) is 11.4. The number of carbonyl (C=O) groups excluding carboxylic acids is 2. The standard InChI is InChI=1S/C28H35Cl3N4O2/c1-19-13-20(15-22(30)14-19)18-35-12-7-23(17-32-27(36)24-6-5-21(29)16-25(24)31)33-26(28(35)37)8-11-34-9-3-2-4-10-34/h5-6,13-16,23,26,33H,2-4,7-12,17-18H2,1H3,(H,32,36). The third kappa shape index (κ3) is 8.08. The molecule has 0 aromatic heterocycles. The van der Waals surface area contributed by atoms with Crippen molar-refractivity contribution in [1.29, 1.82) is 0 Å². The van der Waals surface area contributed by atoms with E-state index in [4.69, 9.17) is 34.8 Å². The van der Waals surface area contributed by atoms with E-state index in [1.54, 1.807) is 18.2 Å². The van der Waals surface area contributed by atoms with Gasteiger partial charge in [0.05, 0.1) is 16.6 Å². The lowest BCUT2D eigenvalue weighted by molar-refractivity contribution is -0.133. The molecule has 0 spiro atoms. The Labute approximate surface area is 234 Å². The highest BCUT2D eigenvalue weighted by atomic mass is 35.5. The molecule has 2 unspecified atom stereocenters. The quantitative estimate of drug-likeness (QED) is 0.455. The van der Waals surface area contributed by atoms with Gasteiger partial charge in [-0.1, -0.05) is 47.3 Å². The fourth-order valence-corrected chi connectivity index (χ4v) is 6.02. The number of hydrogen-bond acceptors (Lipinski definition) is 4. The number of carbonyl (C=O) groups is 2. The maximum absolute atomic E-state index is 13.7. The third-order valence-corrected chi connectivity index (χ3v) is 7.90. The molecule has 9 heteroatoms. The van der Waals surface area contributed by atoms with Crippen LogP contribution in [0.1, 0.15) is 53.6 Å². The fourth-order valence-electron chi connectivity index (χ4n) is 5.21. The topological polar surface area (TPSA) is 64.7 Å². The van der Waals surface area contributed by atoms with E-state index < -0.39 is 0 Å². The molecule has 0 saturated carbocycles. The van der Waals surface area contributed by atoms with Crippen LogP contribution in [0.5, 0.6) is 0 Å². The molecule has 2 atom stereocenters. The van der Waals surface area contributed by atoms with Crippen molar-refractivity contribution >= 4 is 46.6 Å². The average Bonchev–Trinajstić information content (AvgIpc) is 3.00. The van der Waals surface area contributed by atoms with E-state index in [9.17, 15) is 9.59 Å². The summed E-state index contributed by atoms with van der Waals surface area (Å²) in [5.74, 6) is -0.153. The number of halogens is 3. The first-order valence-electron chi connectivity index (χ1n) is 13.0. The number of nitrogens with one attached hydrogen (secondary N) is 2. The van der Waals surface area contributed by atoms with Gasteiger partial charge in [0.15, 0.2) is 0 Å². The van der Waals surface area contributed by atoms with Gasteiger partial charge in [0.2, 0.25) is 5.91 Å². The van der Waals surface area contributed by atoms with E-state index in [0.29, 0.717) is 40.3 Å². The van der Waals surface area contributed by atoms with Gasteiger partial charge in [-0.3, -0.25) is 9.59 Å². The minimum Gasteiger partial charge on any atom is -0.350 e. The first-order chi connectivity index (χ1) is 17.8. The Morgan fingerprint density at radius 1 is 1.03 bits per heavy atom. The van der Waals surface area contributed by atoms with Crippen molar-refractivity contribution in [2.24, 2.45) is 0 Å². The predicted octanol–water partition coefficient (Wildman–Crippen LogP) is 5.32. The zero-order valence-electron chi connectivity index (χ0n) is 21.2. The normalized spacial score (nSPS) is 21.1. The highest BCUT2D eigenvalue weighted by Crippen LogP contribution is 2.22. The molecule has 6 nitrogen and oxygen atoms in total. The zero-order chi connectivity index (χ0) is 26.4. The average molecular weight is 566 g/mol. The lowest BCUT2D eigenvalue weighted by atomic mass is 10.1. The Hall–Kier alpha value is -1.83. The fraction of sp³-hybridized carbons (Fsp3) is 0.500. The van der Waals surface area contributed by atoms with Crippen LogP contribution in [0, 0.1) is 6.92 Å². The number of benzene rings is 2. The van der Waals surface area contributed by atoms with Crippen LogP contribution in [0.4, 0.5) is 0 Å². The number of hydrogen-bond donors (Lipinski definition) is 2. The van der Waals surface area contributed by atoms with E-state index >= 15 is 0 Å². The summed E-state index contributed by atoms with van der Waals surface area (Å²) in [5, 5.41) is 8.03. The molecule has 2 fully saturated rings. The molecule has 2 saturated heterocycles. The van der Waals surface area contributed by atoms with Gasteiger partial charge in [0.1, 0.15) is 0 Å². The van der Waals surface area contributed by atoms with Crippen LogP contribution in [0.2, 0.25) is 15.1 Å². The Morgan fingerprint density at radius 2 is 1.81 bits per heavy atom. The molecule has 0 bridgehead atoms. The smallest absolute Gasteiger partial charge is 0.252 e. The van der Waals surface area contributed by atoms with Crippen LogP contribution in [0.25, 0.3) is 0 Å². The van der Waals surface area contributed by atoms with Crippen molar-refractivity contribution in [2.75, 3.05) is 32.7 Å². The largest absolute Gasteiger partial charge is 0.350 e. The molecular weight excluding hydrogens is 531 g/mol. The summed E-state index contributed by atoms with van der Waals surface area (Å²) in [6, 6.07) is 10.4. The first-order valence-corrected chi connectivity index (χ1v) is 14.2. The lowest BCUT2D eigenvalue weighted by Gasteiger charge is -2.30. The predicted molar refractivity (Wildman–Crippen MR) is 151 cm³/mol. The molecule has 2 aliphatic heterocycles. The molecule has 2 aliphatic rings. The second kappa shape index (κ2) is 13.3. The van der Waals surface area contributed by atoms with Gasteiger partial charge in [0, 0.05) is 42.3 Å². The van der Waals surface area contributed by atoms with Crippen LogP contribution in [-0.2, 0) is 11.3 Å². The van der Waals surface area contributed by atoms with Gasteiger partial charge in [0.25, 0.3) is 5.91 Å². The Bertz CT molecular complexity index is 1090. The van der Waals surface area contributed by atoms with E-state index in [0.717, 1.165) is 43.6 Å². The minimum atomic E-state index is -0.314. The summed E-state index contributed by atoms with van der Waals surface area (Å²) in [4.78, 5) is 30.8. The number of piperidine rings is 1.